The molecule has 0 aliphatic carbocycles. The number of nitrogens with one attached hydrogen (secondary N) is 1. The Kier molecular flexibility index (Phi) is 5.91. The van der Waals surface area contributed by atoms with E-state index in [0.29, 0.717) is 37.6 Å². The number of aromatic nitrogens is 2. The summed E-state index contributed by atoms with van der Waals surface area (Å²) in [5.41, 5.74) is -0.129. The lowest BCUT2D eigenvalue weighted by Gasteiger charge is -2.34. The molecule has 1 fully saturated rings. The van der Waals surface area contributed by atoms with Gasteiger partial charge >= 0.3 is 5.97 Å². The maximum absolute atomic E-state index is 13.8. The fourth-order valence-corrected chi connectivity index (χ4v) is 3.01. The molecule has 0 saturated carbocycles. The first-order valence-electron chi connectivity index (χ1n) is 9.07. The molecule has 1 aromatic heterocycles. The van der Waals surface area contributed by atoms with E-state index in [2.05, 4.69) is 15.3 Å². The van der Waals surface area contributed by atoms with Gasteiger partial charge in [-0.1, -0.05) is 0 Å². The van der Waals surface area contributed by atoms with E-state index in [4.69, 9.17) is 4.74 Å². The minimum absolute atomic E-state index is 0.0229. The van der Waals surface area contributed by atoms with Crippen molar-refractivity contribution in [2.45, 2.75) is 38.8 Å². The lowest BCUT2D eigenvalue weighted by molar-refractivity contribution is 0.0690. The average molecular weight is 392 g/mol. The van der Waals surface area contributed by atoms with Crippen LogP contribution in [0.25, 0.3) is 0 Å². The van der Waals surface area contributed by atoms with Crippen LogP contribution in [0.15, 0.2) is 24.4 Å². The summed E-state index contributed by atoms with van der Waals surface area (Å²) in [4.78, 5) is 21.6. The van der Waals surface area contributed by atoms with E-state index < -0.39 is 17.6 Å². The lowest BCUT2D eigenvalue weighted by atomic mass is 10.1. The molecule has 150 valence electrons. The van der Waals surface area contributed by atoms with Crippen molar-refractivity contribution in [3.8, 4) is 5.75 Å². The minimum Gasteiger partial charge on any atom is -0.487 e. The third-order valence-electron chi connectivity index (χ3n) is 4.33. The number of halogens is 2. The molecule has 3 rings (SSSR count). The van der Waals surface area contributed by atoms with Crippen LogP contribution in [0.1, 0.15) is 37.2 Å². The van der Waals surface area contributed by atoms with Crippen molar-refractivity contribution >= 4 is 17.6 Å². The van der Waals surface area contributed by atoms with Gasteiger partial charge in [0.25, 0.3) is 0 Å². The van der Waals surface area contributed by atoms with Crippen LogP contribution in [0.5, 0.6) is 5.75 Å². The molecular formula is C19H22F2N4O3. The molecule has 2 aromatic rings. The highest BCUT2D eigenvalue weighted by Gasteiger charge is 2.26. The Bertz CT molecular complexity index is 855. The van der Waals surface area contributed by atoms with Gasteiger partial charge in [0.2, 0.25) is 0 Å². The summed E-state index contributed by atoms with van der Waals surface area (Å²) >= 11 is 0. The van der Waals surface area contributed by atoms with Crippen molar-refractivity contribution in [2.24, 2.45) is 0 Å². The zero-order valence-corrected chi connectivity index (χ0v) is 15.7. The van der Waals surface area contributed by atoms with Crippen LogP contribution in [0.3, 0.4) is 0 Å². The summed E-state index contributed by atoms with van der Waals surface area (Å²) in [6.07, 6.45) is 2.16. The minimum atomic E-state index is -1.14. The zero-order chi connectivity index (χ0) is 20.3. The fourth-order valence-electron chi connectivity index (χ4n) is 3.01. The maximum atomic E-state index is 13.8. The van der Waals surface area contributed by atoms with Crippen LogP contribution >= 0.6 is 0 Å². The molecule has 0 radical (unpaired) electrons. The van der Waals surface area contributed by atoms with Gasteiger partial charge in [0.1, 0.15) is 11.9 Å². The second-order valence-corrected chi connectivity index (χ2v) is 6.91. The van der Waals surface area contributed by atoms with Crippen molar-refractivity contribution < 1.29 is 23.4 Å². The Morgan fingerprint density at radius 2 is 2.04 bits per heavy atom. The Morgan fingerprint density at radius 3 is 2.64 bits per heavy atom. The van der Waals surface area contributed by atoms with Gasteiger partial charge in [0.15, 0.2) is 28.9 Å². The van der Waals surface area contributed by atoms with Gasteiger partial charge in [-0.3, -0.25) is 0 Å². The van der Waals surface area contributed by atoms with Crippen LogP contribution < -0.4 is 15.0 Å². The van der Waals surface area contributed by atoms with Crippen molar-refractivity contribution in [1.82, 2.24) is 9.97 Å². The lowest BCUT2D eigenvalue weighted by Crippen LogP contribution is -2.39. The number of nitrogens with zero attached hydrogens (tertiary/aromatic N) is 3. The normalized spacial score (nSPS) is 15.0. The highest BCUT2D eigenvalue weighted by molar-refractivity contribution is 5.86. The molecule has 0 amide bonds. The first-order chi connectivity index (χ1) is 13.3. The number of rotatable bonds is 6. The van der Waals surface area contributed by atoms with Gasteiger partial charge in [-0.2, -0.15) is 0 Å². The first kappa shape index (κ1) is 19.8. The topological polar surface area (TPSA) is 87.6 Å². The molecule has 0 unspecified atom stereocenters. The zero-order valence-electron chi connectivity index (χ0n) is 15.7. The summed E-state index contributed by atoms with van der Waals surface area (Å²) in [6, 6.07) is 3.33. The van der Waals surface area contributed by atoms with E-state index in [9.17, 15) is 18.7 Å². The van der Waals surface area contributed by atoms with Gasteiger partial charge in [-0.25, -0.2) is 23.5 Å². The third kappa shape index (κ3) is 4.65. The summed E-state index contributed by atoms with van der Waals surface area (Å²) in [7, 11) is 0. The van der Waals surface area contributed by atoms with Gasteiger partial charge in [0.05, 0.1) is 6.20 Å². The molecule has 28 heavy (non-hydrogen) atoms. The standard InChI is InChI=1S/C19H22F2N4O3/c1-11(2)23-17-18(24-15(10-22-17)19(26)27)25-7-5-13(6-8-25)28-16-4-3-12(20)9-14(16)21/h3-4,9-11,13H,5-8H2,1-2H3,(H,22,23)(H,26,27). The first-order valence-corrected chi connectivity index (χ1v) is 9.07. The Balaban J connectivity index is 1.71. The number of benzene rings is 1. The van der Waals surface area contributed by atoms with E-state index in [1.54, 1.807) is 0 Å². The van der Waals surface area contributed by atoms with E-state index in [1.807, 2.05) is 18.7 Å². The molecule has 1 saturated heterocycles. The van der Waals surface area contributed by atoms with Gasteiger partial charge in [0, 0.05) is 38.0 Å². The molecule has 9 heteroatoms. The number of carbonyl (C=O) groups is 1. The van der Waals surface area contributed by atoms with Crippen LogP contribution in [-0.2, 0) is 0 Å². The molecule has 2 heterocycles. The van der Waals surface area contributed by atoms with Crippen molar-refractivity contribution in [2.75, 3.05) is 23.3 Å². The smallest absolute Gasteiger partial charge is 0.356 e. The van der Waals surface area contributed by atoms with Gasteiger partial charge < -0.3 is 20.1 Å². The monoisotopic (exact) mass is 392 g/mol. The van der Waals surface area contributed by atoms with Crippen molar-refractivity contribution in [3.05, 3.63) is 41.7 Å². The van der Waals surface area contributed by atoms with Crippen molar-refractivity contribution in [3.63, 3.8) is 0 Å². The van der Waals surface area contributed by atoms with Gasteiger partial charge in [-0.15, -0.1) is 0 Å². The Labute approximate surface area is 161 Å². The van der Waals surface area contributed by atoms with Crippen LogP contribution in [-0.4, -0.2) is 46.3 Å². The molecular weight excluding hydrogens is 370 g/mol. The fraction of sp³-hybridized carbons (Fsp3) is 0.421. The maximum Gasteiger partial charge on any atom is 0.356 e. The number of carboxylic acids is 1. The summed E-state index contributed by atoms with van der Waals surface area (Å²) in [6.45, 7) is 4.98. The average Bonchev–Trinajstić information content (AvgIpc) is 2.64. The quantitative estimate of drug-likeness (QED) is 0.780. The number of hydrogen-bond acceptors (Lipinski definition) is 6. The number of ether oxygens (including phenoxy) is 1. The predicted octanol–water partition coefficient (Wildman–Crippen LogP) is 3.32. The molecule has 0 spiro atoms. The number of aromatic carboxylic acids is 1. The molecule has 0 atom stereocenters. The van der Waals surface area contributed by atoms with Crippen LogP contribution in [0.2, 0.25) is 0 Å². The van der Waals surface area contributed by atoms with E-state index in [-0.39, 0.29) is 23.6 Å². The number of carboxylic acid groups (broad SMARTS) is 1. The van der Waals surface area contributed by atoms with Crippen molar-refractivity contribution in [1.29, 1.82) is 0 Å². The summed E-state index contributed by atoms with van der Waals surface area (Å²) < 4.78 is 32.5. The largest absolute Gasteiger partial charge is 0.487 e. The van der Waals surface area contributed by atoms with Crippen LogP contribution in [0, 0.1) is 11.6 Å². The second kappa shape index (κ2) is 8.37. The number of hydrogen-bond donors (Lipinski definition) is 2. The SMILES string of the molecule is CC(C)Nc1ncc(C(=O)O)nc1N1CCC(Oc2ccc(F)cc2F)CC1. The van der Waals surface area contributed by atoms with E-state index in [0.717, 1.165) is 12.1 Å². The molecule has 1 aliphatic heterocycles. The summed E-state index contributed by atoms with van der Waals surface area (Å²) in [5, 5.41) is 12.4. The number of piperidine rings is 1. The molecule has 1 aromatic carbocycles. The Hall–Kier alpha value is -2.97. The molecule has 7 nitrogen and oxygen atoms in total. The number of anilines is 2. The summed E-state index contributed by atoms with van der Waals surface area (Å²) in [5.74, 6) is -1.51. The molecule has 1 aliphatic rings. The third-order valence-corrected chi connectivity index (χ3v) is 4.33. The highest BCUT2D eigenvalue weighted by atomic mass is 19.1. The highest BCUT2D eigenvalue weighted by Crippen LogP contribution is 2.28. The second-order valence-electron chi connectivity index (χ2n) is 6.91. The van der Waals surface area contributed by atoms with E-state index in [1.165, 1.54) is 12.3 Å². The predicted molar refractivity (Wildman–Crippen MR) is 100.0 cm³/mol. The van der Waals surface area contributed by atoms with Crippen LogP contribution in [0.4, 0.5) is 20.4 Å². The molecule has 0 bridgehead atoms. The van der Waals surface area contributed by atoms with Gasteiger partial charge in [-0.05, 0) is 26.0 Å². The van der Waals surface area contributed by atoms with E-state index >= 15 is 0 Å². The Morgan fingerprint density at radius 1 is 1.32 bits per heavy atom. The molecule has 2 N–H and O–H groups in total.